The molecule has 0 aromatic carbocycles. The molecule has 0 aliphatic rings. The molecule has 1 heterocycles. The van der Waals surface area contributed by atoms with Gasteiger partial charge < -0.3 is 20.3 Å². The molecule has 0 aliphatic carbocycles. The van der Waals surface area contributed by atoms with Gasteiger partial charge in [0.1, 0.15) is 0 Å². The van der Waals surface area contributed by atoms with Gasteiger partial charge in [-0.3, -0.25) is 4.99 Å². The van der Waals surface area contributed by atoms with Crippen LogP contribution in [-0.4, -0.2) is 69.8 Å². The summed E-state index contributed by atoms with van der Waals surface area (Å²) < 4.78 is 5.07. The van der Waals surface area contributed by atoms with E-state index in [1.807, 2.05) is 0 Å². The molecule has 0 radical (unpaired) electrons. The molecule has 6 nitrogen and oxygen atoms in total. The molecule has 0 atom stereocenters. The van der Waals surface area contributed by atoms with Gasteiger partial charge in [-0.1, -0.05) is 6.92 Å². The topological polar surface area (TPSA) is 61.8 Å². The highest BCUT2D eigenvalue weighted by molar-refractivity contribution is 14.0. The zero-order chi connectivity index (χ0) is 17.8. The number of nitrogens with one attached hydrogen (secondary N) is 2. The van der Waals surface area contributed by atoms with E-state index < -0.39 is 0 Å². The van der Waals surface area contributed by atoms with Crippen molar-refractivity contribution in [2.24, 2.45) is 4.99 Å². The van der Waals surface area contributed by atoms with Crippen LogP contribution in [0.1, 0.15) is 28.9 Å². The molecule has 1 aromatic heterocycles. The van der Waals surface area contributed by atoms with Crippen LogP contribution >= 0.6 is 35.3 Å². The maximum absolute atomic E-state index is 5.07. The lowest BCUT2D eigenvalue weighted by atomic mass is 10.3. The van der Waals surface area contributed by atoms with Crippen molar-refractivity contribution in [2.75, 3.05) is 54.0 Å². The van der Waals surface area contributed by atoms with Gasteiger partial charge in [-0.25, -0.2) is 4.98 Å². The SMILES string of the molecule is CCc1nc(CCNC(=NC)NCCN(C)CCCOC)sc1C.I. The van der Waals surface area contributed by atoms with Gasteiger partial charge in [-0.05, 0) is 26.8 Å². The van der Waals surface area contributed by atoms with Gasteiger partial charge >= 0.3 is 0 Å². The number of nitrogens with zero attached hydrogens (tertiary/aromatic N) is 3. The maximum atomic E-state index is 5.07. The summed E-state index contributed by atoms with van der Waals surface area (Å²) in [7, 11) is 5.68. The fourth-order valence-electron chi connectivity index (χ4n) is 2.39. The second kappa shape index (κ2) is 14.7. The van der Waals surface area contributed by atoms with Gasteiger partial charge in [-0.15, -0.1) is 35.3 Å². The van der Waals surface area contributed by atoms with E-state index in [0.717, 1.165) is 58.0 Å². The van der Waals surface area contributed by atoms with Crippen molar-refractivity contribution < 1.29 is 4.74 Å². The minimum atomic E-state index is 0. The Balaban J connectivity index is 0.00000576. The average molecular weight is 483 g/mol. The molecular weight excluding hydrogens is 449 g/mol. The van der Waals surface area contributed by atoms with Crippen molar-refractivity contribution in [1.29, 1.82) is 0 Å². The summed E-state index contributed by atoms with van der Waals surface area (Å²) in [5, 5.41) is 7.91. The zero-order valence-corrected chi connectivity index (χ0v) is 19.4. The number of halogens is 1. The molecule has 0 amide bonds. The number of aromatic nitrogens is 1. The predicted molar refractivity (Wildman–Crippen MR) is 119 cm³/mol. The lowest BCUT2D eigenvalue weighted by Gasteiger charge is -2.18. The van der Waals surface area contributed by atoms with E-state index in [9.17, 15) is 0 Å². The van der Waals surface area contributed by atoms with Crippen LogP contribution in [0.3, 0.4) is 0 Å². The number of thiazole rings is 1. The molecule has 25 heavy (non-hydrogen) atoms. The fourth-order valence-corrected chi connectivity index (χ4v) is 3.41. The molecule has 0 saturated heterocycles. The number of likely N-dealkylation sites (N-methyl/N-ethyl adjacent to an activating group) is 1. The van der Waals surface area contributed by atoms with Gasteiger partial charge in [0.05, 0.1) is 10.7 Å². The summed E-state index contributed by atoms with van der Waals surface area (Å²) in [6, 6.07) is 0. The Bertz CT molecular complexity index is 495. The molecular formula is C17H34IN5OS. The Kier molecular flexibility index (Phi) is 14.4. The van der Waals surface area contributed by atoms with Crippen LogP contribution in [0.2, 0.25) is 0 Å². The number of guanidine groups is 1. The Hall–Kier alpha value is -0.450. The third-order valence-corrected chi connectivity index (χ3v) is 4.87. The van der Waals surface area contributed by atoms with Gasteiger partial charge in [0.2, 0.25) is 0 Å². The van der Waals surface area contributed by atoms with Crippen molar-refractivity contribution in [3.63, 3.8) is 0 Å². The molecule has 8 heteroatoms. The molecule has 1 rings (SSSR count). The van der Waals surface area contributed by atoms with Crippen LogP contribution in [0.25, 0.3) is 0 Å². The van der Waals surface area contributed by atoms with E-state index in [1.165, 1.54) is 15.6 Å². The number of methoxy groups -OCH3 is 1. The first-order chi connectivity index (χ1) is 11.6. The summed E-state index contributed by atoms with van der Waals surface area (Å²) in [6.45, 7) is 8.87. The molecule has 146 valence electrons. The second-order valence-corrected chi connectivity index (χ2v) is 7.08. The van der Waals surface area contributed by atoms with Gasteiger partial charge in [-0.2, -0.15) is 0 Å². The molecule has 0 fully saturated rings. The quantitative estimate of drug-likeness (QED) is 0.219. The Morgan fingerprint density at radius 1 is 1.28 bits per heavy atom. The molecule has 2 N–H and O–H groups in total. The number of rotatable bonds is 11. The summed E-state index contributed by atoms with van der Waals surface area (Å²) in [5.74, 6) is 0.851. The van der Waals surface area contributed by atoms with Crippen LogP contribution < -0.4 is 10.6 Å². The van der Waals surface area contributed by atoms with E-state index in [4.69, 9.17) is 4.74 Å². The maximum Gasteiger partial charge on any atom is 0.191 e. The van der Waals surface area contributed by atoms with Crippen molar-refractivity contribution >= 4 is 41.3 Å². The van der Waals surface area contributed by atoms with E-state index in [0.29, 0.717) is 0 Å². The second-order valence-electron chi connectivity index (χ2n) is 5.79. The van der Waals surface area contributed by atoms with Crippen LogP contribution in [-0.2, 0) is 17.6 Å². The number of aliphatic imine (C=N–C) groups is 1. The number of ether oxygens (including phenoxy) is 1. The molecule has 0 saturated carbocycles. The highest BCUT2D eigenvalue weighted by Gasteiger charge is 2.06. The monoisotopic (exact) mass is 483 g/mol. The lowest BCUT2D eigenvalue weighted by molar-refractivity contribution is 0.180. The predicted octanol–water partition coefficient (Wildman–Crippen LogP) is 2.31. The summed E-state index contributed by atoms with van der Waals surface area (Å²) in [4.78, 5) is 12.6. The Morgan fingerprint density at radius 3 is 2.60 bits per heavy atom. The van der Waals surface area contributed by atoms with Crippen LogP contribution in [0.4, 0.5) is 0 Å². The standard InChI is InChI=1S/C17H33N5OS.HI/c1-6-15-14(2)24-16(21-15)8-9-19-17(18-3)20-10-12-22(4)11-7-13-23-5;/h6-13H2,1-5H3,(H2,18,19,20);1H. The highest BCUT2D eigenvalue weighted by Crippen LogP contribution is 2.17. The third kappa shape index (κ3) is 10.3. The minimum absolute atomic E-state index is 0. The third-order valence-electron chi connectivity index (χ3n) is 3.80. The van der Waals surface area contributed by atoms with Crippen molar-refractivity contribution in [3.8, 4) is 0 Å². The van der Waals surface area contributed by atoms with Gasteiger partial charge in [0.25, 0.3) is 0 Å². The van der Waals surface area contributed by atoms with Crippen molar-refractivity contribution in [1.82, 2.24) is 20.5 Å². The first-order valence-electron chi connectivity index (χ1n) is 8.67. The summed E-state index contributed by atoms with van der Waals surface area (Å²) in [5.41, 5.74) is 1.23. The fraction of sp³-hybridized carbons (Fsp3) is 0.765. The highest BCUT2D eigenvalue weighted by atomic mass is 127. The molecule has 1 aromatic rings. The van der Waals surface area contributed by atoms with Crippen molar-refractivity contribution in [2.45, 2.75) is 33.1 Å². The largest absolute Gasteiger partial charge is 0.385 e. The average Bonchev–Trinajstić information content (AvgIpc) is 2.93. The van der Waals surface area contributed by atoms with Crippen LogP contribution in [0, 0.1) is 6.92 Å². The molecule has 0 unspecified atom stereocenters. The minimum Gasteiger partial charge on any atom is -0.385 e. The normalized spacial score (nSPS) is 11.5. The van der Waals surface area contributed by atoms with Gasteiger partial charge in [0.15, 0.2) is 5.96 Å². The Labute approximate surface area is 173 Å². The lowest BCUT2D eigenvalue weighted by Crippen LogP contribution is -2.41. The Morgan fingerprint density at radius 2 is 2.00 bits per heavy atom. The summed E-state index contributed by atoms with van der Waals surface area (Å²) in [6.07, 6.45) is 3.01. The first-order valence-corrected chi connectivity index (χ1v) is 9.49. The van der Waals surface area contributed by atoms with E-state index in [2.05, 4.69) is 46.4 Å². The number of hydrogen-bond donors (Lipinski definition) is 2. The first kappa shape index (κ1) is 24.6. The van der Waals surface area contributed by atoms with E-state index in [-0.39, 0.29) is 24.0 Å². The smallest absolute Gasteiger partial charge is 0.191 e. The molecule has 0 aliphatic heterocycles. The number of hydrogen-bond acceptors (Lipinski definition) is 5. The molecule has 0 bridgehead atoms. The molecule has 0 spiro atoms. The van der Waals surface area contributed by atoms with E-state index in [1.54, 1.807) is 25.5 Å². The van der Waals surface area contributed by atoms with Crippen LogP contribution in [0.5, 0.6) is 0 Å². The zero-order valence-electron chi connectivity index (χ0n) is 16.2. The van der Waals surface area contributed by atoms with E-state index >= 15 is 0 Å². The number of aryl methyl sites for hydroxylation is 2. The van der Waals surface area contributed by atoms with Crippen LogP contribution in [0.15, 0.2) is 4.99 Å². The summed E-state index contributed by atoms with van der Waals surface area (Å²) >= 11 is 1.80. The van der Waals surface area contributed by atoms with Crippen molar-refractivity contribution in [3.05, 3.63) is 15.6 Å². The van der Waals surface area contributed by atoms with Gasteiger partial charge in [0, 0.05) is 58.2 Å².